The number of unbranched alkanes of at least 4 members (excludes halogenated alkanes) is 56. The molecular weight excluding hydrogens is 1020 g/mol. The van der Waals surface area contributed by atoms with Crippen LogP contribution in [0.1, 0.15) is 432 Å². The Morgan fingerprint density at radius 3 is 0.663 bits per heavy atom. The number of rotatable bonds is 71. The highest BCUT2D eigenvalue weighted by Gasteiger charge is 2.20. The third-order valence-electron chi connectivity index (χ3n) is 17.5. The molecule has 0 N–H and O–H groups in total. The quantitative estimate of drug-likeness (QED) is 0.0261. The van der Waals surface area contributed by atoms with Crippen LogP contribution in [0.4, 0.5) is 0 Å². The van der Waals surface area contributed by atoms with Crippen LogP contribution < -0.4 is 0 Å². The van der Waals surface area contributed by atoms with Crippen molar-refractivity contribution in [2.75, 3.05) is 13.2 Å². The van der Waals surface area contributed by atoms with Crippen LogP contribution in [-0.4, -0.2) is 37.2 Å². The van der Waals surface area contributed by atoms with Crippen LogP contribution in [0.5, 0.6) is 0 Å². The van der Waals surface area contributed by atoms with E-state index in [1.165, 1.54) is 327 Å². The lowest BCUT2D eigenvalue weighted by molar-refractivity contribution is -0.167. The Bertz CT molecular complexity index is 1340. The van der Waals surface area contributed by atoms with E-state index in [1.807, 2.05) is 0 Å². The van der Waals surface area contributed by atoms with Crippen molar-refractivity contribution in [1.82, 2.24) is 0 Å². The van der Waals surface area contributed by atoms with Crippen molar-refractivity contribution in [2.45, 2.75) is 438 Å². The molecule has 83 heavy (non-hydrogen) atoms. The van der Waals surface area contributed by atoms with Crippen LogP contribution in [0.3, 0.4) is 0 Å². The Hall–Kier alpha value is -2.11. The summed E-state index contributed by atoms with van der Waals surface area (Å²) in [5.41, 5.74) is 0. The van der Waals surface area contributed by atoms with Crippen LogP contribution in [0.25, 0.3) is 0 Å². The van der Waals surface area contributed by atoms with Gasteiger partial charge in [0.25, 0.3) is 0 Å². The largest absolute Gasteiger partial charge is 0.462 e. The highest BCUT2D eigenvalue weighted by atomic mass is 16.6. The highest BCUT2D eigenvalue weighted by molar-refractivity contribution is 5.71. The molecular formula is C77H146O6. The Morgan fingerprint density at radius 1 is 0.241 bits per heavy atom. The molecule has 490 valence electrons. The van der Waals surface area contributed by atoms with Gasteiger partial charge in [-0.1, -0.05) is 385 Å². The summed E-state index contributed by atoms with van der Waals surface area (Å²) in [6.45, 7) is 6.72. The van der Waals surface area contributed by atoms with Gasteiger partial charge in [-0.2, -0.15) is 0 Å². The summed E-state index contributed by atoms with van der Waals surface area (Å²) in [6.07, 6.45) is 89.4. The summed E-state index contributed by atoms with van der Waals surface area (Å²) in [4.78, 5) is 38.5. The normalized spacial score (nSPS) is 12.1. The van der Waals surface area contributed by atoms with E-state index in [9.17, 15) is 14.4 Å². The maximum absolute atomic E-state index is 13.0. The lowest BCUT2D eigenvalue weighted by Crippen LogP contribution is -2.30. The average molecular weight is 1170 g/mol. The molecule has 0 bridgehead atoms. The monoisotopic (exact) mass is 1170 g/mol. The minimum absolute atomic E-state index is 0.0641. The Morgan fingerprint density at radius 2 is 0.434 bits per heavy atom. The predicted molar refractivity (Wildman–Crippen MR) is 363 cm³/mol. The van der Waals surface area contributed by atoms with Crippen LogP contribution >= 0.6 is 0 Å². The molecule has 0 fully saturated rings. The minimum atomic E-state index is -0.768. The SMILES string of the molecule is CCCCCCC/C=C\C/C=C\CCCCCCCCCCCCCCCC(=O)OC(COC(=O)CCCCCCCCCCCCCCC)COC(=O)CCCCCCCCCCCCCCCCCCCCCCCCCCCCC. The van der Waals surface area contributed by atoms with Crippen molar-refractivity contribution >= 4 is 17.9 Å². The molecule has 6 heteroatoms. The summed E-state index contributed by atoms with van der Waals surface area (Å²) >= 11 is 0. The standard InChI is InChI=1S/C77H146O6/c1-4-7-10-13-16-19-22-25-27-29-31-33-35-37-38-40-41-43-45-47-49-52-55-58-61-64-67-70-76(79)82-73-74(72-81-75(78)69-66-63-60-57-54-51-24-21-18-15-12-9-6-3)83-77(80)71-68-65-62-59-56-53-50-48-46-44-42-39-36-34-32-30-28-26-23-20-17-14-11-8-5-2/h23,26,30,32,74H,4-22,24-25,27-29,31,33-73H2,1-3H3/b26-23-,32-30-. The van der Waals surface area contributed by atoms with Gasteiger partial charge in [-0.3, -0.25) is 14.4 Å². The number of hydrogen-bond acceptors (Lipinski definition) is 6. The summed E-state index contributed by atoms with van der Waals surface area (Å²) < 4.78 is 17.0. The fourth-order valence-electron chi connectivity index (χ4n) is 11.8. The lowest BCUT2D eigenvalue weighted by Gasteiger charge is -2.18. The molecule has 0 aliphatic heterocycles. The number of allylic oxidation sites excluding steroid dienone is 4. The van der Waals surface area contributed by atoms with Crippen molar-refractivity contribution in [3.8, 4) is 0 Å². The van der Waals surface area contributed by atoms with Crippen molar-refractivity contribution in [2.24, 2.45) is 0 Å². The van der Waals surface area contributed by atoms with E-state index in [2.05, 4.69) is 45.1 Å². The van der Waals surface area contributed by atoms with Gasteiger partial charge >= 0.3 is 17.9 Å². The molecule has 0 saturated heterocycles. The summed E-state index contributed by atoms with van der Waals surface area (Å²) in [7, 11) is 0. The molecule has 0 aromatic rings. The fraction of sp³-hybridized carbons (Fsp3) is 0.909. The van der Waals surface area contributed by atoms with E-state index in [0.717, 1.165) is 64.2 Å². The second-order valence-corrected chi connectivity index (χ2v) is 25.9. The Balaban J connectivity index is 4.18. The molecule has 0 amide bonds. The fourth-order valence-corrected chi connectivity index (χ4v) is 11.8. The van der Waals surface area contributed by atoms with Gasteiger partial charge in [-0.05, 0) is 51.4 Å². The summed E-state index contributed by atoms with van der Waals surface area (Å²) in [6, 6.07) is 0. The molecule has 0 aliphatic rings. The molecule has 0 aliphatic carbocycles. The molecule has 0 heterocycles. The van der Waals surface area contributed by atoms with E-state index >= 15 is 0 Å². The predicted octanol–water partition coefficient (Wildman–Crippen LogP) is 26.1. The van der Waals surface area contributed by atoms with Crippen LogP contribution in [0.15, 0.2) is 24.3 Å². The van der Waals surface area contributed by atoms with Crippen molar-refractivity contribution in [1.29, 1.82) is 0 Å². The smallest absolute Gasteiger partial charge is 0.306 e. The van der Waals surface area contributed by atoms with Gasteiger partial charge in [0.1, 0.15) is 13.2 Å². The zero-order chi connectivity index (χ0) is 59.9. The zero-order valence-corrected chi connectivity index (χ0v) is 56.5. The van der Waals surface area contributed by atoms with E-state index in [1.54, 1.807) is 0 Å². The van der Waals surface area contributed by atoms with E-state index in [0.29, 0.717) is 19.3 Å². The molecule has 0 saturated carbocycles. The second-order valence-electron chi connectivity index (χ2n) is 25.9. The van der Waals surface area contributed by atoms with Crippen LogP contribution in [-0.2, 0) is 28.6 Å². The maximum Gasteiger partial charge on any atom is 0.306 e. The van der Waals surface area contributed by atoms with Gasteiger partial charge in [0.2, 0.25) is 0 Å². The first-order chi connectivity index (χ1) is 41.0. The molecule has 1 unspecified atom stereocenters. The van der Waals surface area contributed by atoms with Gasteiger partial charge in [0.15, 0.2) is 6.10 Å². The van der Waals surface area contributed by atoms with E-state index in [4.69, 9.17) is 14.2 Å². The summed E-state index contributed by atoms with van der Waals surface area (Å²) in [5, 5.41) is 0. The van der Waals surface area contributed by atoms with Gasteiger partial charge in [-0.25, -0.2) is 0 Å². The maximum atomic E-state index is 13.0. The first-order valence-electron chi connectivity index (χ1n) is 37.8. The third-order valence-corrected chi connectivity index (χ3v) is 17.5. The number of esters is 3. The van der Waals surface area contributed by atoms with E-state index < -0.39 is 6.10 Å². The molecule has 0 rings (SSSR count). The minimum Gasteiger partial charge on any atom is -0.462 e. The highest BCUT2D eigenvalue weighted by Crippen LogP contribution is 2.19. The van der Waals surface area contributed by atoms with Gasteiger partial charge in [0, 0.05) is 19.3 Å². The molecule has 0 aromatic heterocycles. The van der Waals surface area contributed by atoms with Crippen molar-refractivity contribution < 1.29 is 28.6 Å². The second kappa shape index (κ2) is 72.4. The first kappa shape index (κ1) is 80.9. The number of carbonyl (C=O) groups excluding carboxylic acids is 3. The van der Waals surface area contributed by atoms with Gasteiger partial charge in [-0.15, -0.1) is 0 Å². The molecule has 6 nitrogen and oxygen atoms in total. The lowest BCUT2D eigenvalue weighted by atomic mass is 10.0. The van der Waals surface area contributed by atoms with Crippen LogP contribution in [0, 0.1) is 0 Å². The first-order valence-corrected chi connectivity index (χ1v) is 37.8. The topological polar surface area (TPSA) is 78.9 Å². The Kier molecular flexibility index (Phi) is 70.5. The van der Waals surface area contributed by atoms with Crippen molar-refractivity contribution in [3.63, 3.8) is 0 Å². The molecule has 0 radical (unpaired) electrons. The number of hydrogen-bond donors (Lipinski definition) is 0. The Labute approximate surface area is 519 Å². The molecule has 0 aromatic carbocycles. The third kappa shape index (κ3) is 70.5. The van der Waals surface area contributed by atoms with Gasteiger partial charge in [0.05, 0.1) is 0 Å². The molecule has 1 atom stereocenters. The van der Waals surface area contributed by atoms with Crippen LogP contribution in [0.2, 0.25) is 0 Å². The van der Waals surface area contributed by atoms with Gasteiger partial charge < -0.3 is 14.2 Å². The van der Waals surface area contributed by atoms with Crippen molar-refractivity contribution in [3.05, 3.63) is 24.3 Å². The summed E-state index contributed by atoms with van der Waals surface area (Å²) in [5.74, 6) is -0.829. The zero-order valence-electron chi connectivity index (χ0n) is 56.5. The number of ether oxygens (including phenoxy) is 3. The van der Waals surface area contributed by atoms with E-state index in [-0.39, 0.29) is 31.1 Å². The number of carbonyl (C=O) groups is 3. The molecule has 0 spiro atoms. The average Bonchev–Trinajstić information content (AvgIpc) is 3.49.